The molecule has 1 N–H and O–H groups in total. The molecule has 0 saturated carbocycles. The maximum absolute atomic E-state index is 10.5. The Hall–Kier alpha value is -1.72. The van der Waals surface area contributed by atoms with Crippen LogP contribution in [0.5, 0.6) is 0 Å². The predicted octanol–water partition coefficient (Wildman–Crippen LogP) is 1.79. The highest BCUT2D eigenvalue weighted by molar-refractivity contribution is 4.99. The molecule has 0 bridgehead atoms. The molecule has 0 aromatic heterocycles. The zero-order valence-electron chi connectivity index (χ0n) is 16.3. The average Bonchev–Trinajstić information content (AvgIpc) is 2.49. The minimum absolute atomic E-state index is 0.0869. The molecule has 1 heterocycles. The fourth-order valence-electron chi connectivity index (χ4n) is 3.34. The van der Waals surface area contributed by atoms with Crippen LogP contribution in [-0.4, -0.2) is 63.4 Å². The van der Waals surface area contributed by atoms with Crippen LogP contribution in [-0.2, 0) is 14.4 Å². The molecule has 0 aliphatic carbocycles. The van der Waals surface area contributed by atoms with Crippen LogP contribution in [0.25, 0.3) is 0 Å². The Balaban J connectivity index is 0.00000301. The summed E-state index contributed by atoms with van der Waals surface area (Å²) in [6, 6.07) is 0. The summed E-state index contributed by atoms with van der Waals surface area (Å²) in [6.07, 6.45) is -0.227. The first-order valence-corrected chi connectivity index (χ1v) is 8.56. The Bertz CT molecular complexity index is 440. The molecule has 0 aromatic carbocycles. The SMILES string of the molecule is CC.CC1(C)CC(OCC(CO[N+](=O)[O-])O[N+](=O)[O-])CC(C)(C)N1CO. The summed E-state index contributed by atoms with van der Waals surface area (Å²) >= 11 is 0. The van der Waals surface area contributed by atoms with E-state index in [0.29, 0.717) is 12.8 Å². The number of nitrogens with zero attached hydrogens (tertiary/aromatic N) is 3. The highest BCUT2D eigenvalue weighted by atomic mass is 17.0. The van der Waals surface area contributed by atoms with Crippen LogP contribution >= 0.6 is 0 Å². The molecule has 1 saturated heterocycles. The molecule has 11 nitrogen and oxygen atoms in total. The van der Waals surface area contributed by atoms with Crippen molar-refractivity contribution in [2.75, 3.05) is 19.9 Å². The van der Waals surface area contributed by atoms with Crippen molar-refractivity contribution in [1.82, 2.24) is 4.90 Å². The van der Waals surface area contributed by atoms with Crippen LogP contribution in [0.3, 0.4) is 0 Å². The number of aliphatic hydroxyl groups excluding tert-OH is 1. The molecule has 1 rings (SSSR count). The Kier molecular flexibility index (Phi) is 9.74. The van der Waals surface area contributed by atoms with E-state index in [0.717, 1.165) is 0 Å². The topological polar surface area (TPSA) is 137 Å². The first-order chi connectivity index (χ1) is 12.0. The van der Waals surface area contributed by atoms with Crippen LogP contribution in [0.1, 0.15) is 54.4 Å². The number of piperidine rings is 1. The third-order valence-electron chi connectivity index (χ3n) is 4.18. The predicted molar refractivity (Wildman–Crippen MR) is 92.2 cm³/mol. The molecule has 1 fully saturated rings. The molecular formula is C15H31N3O8. The van der Waals surface area contributed by atoms with Crippen LogP contribution in [0.4, 0.5) is 0 Å². The Morgan fingerprint density at radius 2 is 1.58 bits per heavy atom. The van der Waals surface area contributed by atoms with Gasteiger partial charge >= 0.3 is 0 Å². The summed E-state index contributed by atoms with van der Waals surface area (Å²) in [6.45, 7) is 11.0. The van der Waals surface area contributed by atoms with E-state index in [-0.39, 0.29) is 30.5 Å². The number of aliphatic hydroxyl groups is 1. The third-order valence-corrected chi connectivity index (χ3v) is 4.18. The minimum atomic E-state index is -1.19. The van der Waals surface area contributed by atoms with Gasteiger partial charge in [0.05, 0.1) is 19.4 Å². The zero-order chi connectivity index (χ0) is 20.5. The van der Waals surface area contributed by atoms with E-state index in [9.17, 15) is 25.3 Å². The number of hydrogen-bond donors (Lipinski definition) is 1. The van der Waals surface area contributed by atoms with Gasteiger partial charge in [-0.3, -0.25) is 4.90 Å². The molecule has 0 spiro atoms. The van der Waals surface area contributed by atoms with E-state index in [2.05, 4.69) is 9.68 Å². The lowest BCUT2D eigenvalue weighted by Crippen LogP contribution is -2.62. The number of hydrogen-bond acceptors (Lipinski definition) is 9. The number of ether oxygens (including phenoxy) is 1. The second kappa shape index (κ2) is 10.4. The summed E-state index contributed by atoms with van der Waals surface area (Å²) in [7, 11) is 0. The highest BCUT2D eigenvalue weighted by Crippen LogP contribution is 2.39. The quantitative estimate of drug-likeness (QED) is 0.468. The molecule has 1 aliphatic heterocycles. The molecule has 0 radical (unpaired) electrons. The lowest BCUT2D eigenvalue weighted by Gasteiger charge is -2.54. The number of likely N-dealkylation sites (tertiary alicyclic amines) is 1. The largest absolute Gasteiger partial charge is 0.381 e. The van der Waals surface area contributed by atoms with Crippen molar-refractivity contribution in [3.05, 3.63) is 20.2 Å². The van der Waals surface area contributed by atoms with Crippen molar-refractivity contribution < 1.29 is 29.7 Å². The molecule has 1 unspecified atom stereocenters. The average molecular weight is 381 g/mol. The van der Waals surface area contributed by atoms with Crippen molar-refractivity contribution >= 4 is 0 Å². The third kappa shape index (κ3) is 7.67. The van der Waals surface area contributed by atoms with Gasteiger partial charge in [0, 0.05) is 11.1 Å². The lowest BCUT2D eigenvalue weighted by molar-refractivity contribution is -0.790. The van der Waals surface area contributed by atoms with Crippen molar-refractivity contribution in [3.63, 3.8) is 0 Å². The molecule has 11 heteroatoms. The van der Waals surface area contributed by atoms with Gasteiger partial charge in [-0.05, 0) is 40.5 Å². The second-order valence-corrected chi connectivity index (χ2v) is 7.03. The summed E-state index contributed by atoms with van der Waals surface area (Å²) in [4.78, 5) is 31.1. The molecule has 0 amide bonds. The first kappa shape index (κ1) is 24.3. The van der Waals surface area contributed by atoms with Gasteiger partial charge in [-0.15, -0.1) is 20.2 Å². The highest BCUT2D eigenvalue weighted by Gasteiger charge is 2.45. The normalized spacial score (nSPS) is 20.4. The molecular weight excluding hydrogens is 350 g/mol. The van der Waals surface area contributed by atoms with Crippen molar-refractivity contribution in [3.8, 4) is 0 Å². The molecule has 154 valence electrons. The first-order valence-electron chi connectivity index (χ1n) is 8.56. The van der Waals surface area contributed by atoms with Gasteiger partial charge in [-0.25, -0.2) is 0 Å². The van der Waals surface area contributed by atoms with E-state index >= 15 is 0 Å². The second-order valence-electron chi connectivity index (χ2n) is 7.03. The van der Waals surface area contributed by atoms with E-state index < -0.39 is 22.9 Å². The number of rotatable bonds is 9. The fourth-order valence-corrected chi connectivity index (χ4v) is 3.34. The van der Waals surface area contributed by atoms with Gasteiger partial charge in [0.2, 0.25) is 0 Å². The monoisotopic (exact) mass is 381 g/mol. The summed E-state index contributed by atoms with van der Waals surface area (Å²) in [5.74, 6) is 0. The van der Waals surface area contributed by atoms with Crippen LogP contribution in [0.15, 0.2) is 0 Å². The van der Waals surface area contributed by atoms with E-state index in [1.54, 1.807) is 0 Å². The molecule has 26 heavy (non-hydrogen) atoms. The van der Waals surface area contributed by atoms with Gasteiger partial charge in [-0.1, -0.05) is 13.8 Å². The van der Waals surface area contributed by atoms with Gasteiger partial charge in [0.1, 0.15) is 6.61 Å². The molecule has 1 atom stereocenters. The Morgan fingerprint density at radius 3 is 1.96 bits per heavy atom. The van der Waals surface area contributed by atoms with E-state index in [1.165, 1.54) is 0 Å². The van der Waals surface area contributed by atoms with Crippen LogP contribution < -0.4 is 0 Å². The molecule has 1 aliphatic rings. The summed E-state index contributed by atoms with van der Waals surface area (Å²) in [5.41, 5.74) is -0.671. The lowest BCUT2D eigenvalue weighted by atomic mass is 9.78. The maximum Gasteiger partial charge on any atom is 0.294 e. The van der Waals surface area contributed by atoms with Crippen molar-refractivity contribution in [2.45, 2.75) is 77.7 Å². The zero-order valence-corrected chi connectivity index (χ0v) is 16.3. The van der Waals surface area contributed by atoms with Gasteiger partial charge < -0.3 is 19.5 Å². The van der Waals surface area contributed by atoms with Gasteiger partial charge in [-0.2, -0.15) is 0 Å². The van der Waals surface area contributed by atoms with Crippen LogP contribution in [0, 0.1) is 20.2 Å². The molecule has 0 aromatic rings. The van der Waals surface area contributed by atoms with Gasteiger partial charge in [0.15, 0.2) is 6.10 Å². The van der Waals surface area contributed by atoms with E-state index in [1.807, 2.05) is 46.4 Å². The van der Waals surface area contributed by atoms with Crippen molar-refractivity contribution in [1.29, 1.82) is 0 Å². The summed E-state index contributed by atoms with van der Waals surface area (Å²) < 4.78 is 5.70. The van der Waals surface area contributed by atoms with Gasteiger partial charge in [0.25, 0.3) is 10.2 Å². The minimum Gasteiger partial charge on any atom is -0.381 e. The van der Waals surface area contributed by atoms with Crippen LogP contribution in [0.2, 0.25) is 0 Å². The smallest absolute Gasteiger partial charge is 0.294 e. The Morgan fingerprint density at radius 1 is 1.08 bits per heavy atom. The summed E-state index contributed by atoms with van der Waals surface area (Å²) in [5, 5.41) is 28.2. The fraction of sp³-hybridized carbons (Fsp3) is 1.00. The standard InChI is InChI=1S/C13H25N3O8.C2H6/c1-12(2)5-10(6-13(3,4)14(12)9-17)22-7-11(24-16(20)21)8-23-15(18)19;1-2/h10-11,17H,5-9H2,1-4H3;1-2H3. The van der Waals surface area contributed by atoms with Crippen molar-refractivity contribution in [2.24, 2.45) is 0 Å². The Labute approximate surface area is 153 Å². The maximum atomic E-state index is 10.5. The van der Waals surface area contributed by atoms with E-state index in [4.69, 9.17) is 4.74 Å².